The maximum atomic E-state index is 13.3. The molecule has 402 valence electrons. The fourth-order valence-corrected chi connectivity index (χ4v) is 8.90. The van der Waals surface area contributed by atoms with Crippen LogP contribution >= 0.6 is 0 Å². The second-order valence-electron chi connectivity index (χ2n) is 18.7. The van der Waals surface area contributed by atoms with Crippen molar-refractivity contribution < 1.29 is 76.3 Å². The summed E-state index contributed by atoms with van der Waals surface area (Å²) < 4.78 is 44.2. The highest BCUT2D eigenvalue weighted by molar-refractivity contribution is 5.89. The van der Waals surface area contributed by atoms with Gasteiger partial charge in [0, 0.05) is 12.2 Å². The Morgan fingerprint density at radius 2 is 0.697 bits per heavy atom. The molecule has 0 aromatic heterocycles. The Morgan fingerprint density at radius 1 is 0.395 bits per heavy atom. The van der Waals surface area contributed by atoms with Gasteiger partial charge in [-0.05, 0) is 187 Å². The van der Waals surface area contributed by atoms with Crippen molar-refractivity contribution in [3.8, 4) is 45.6 Å². The Hall–Kier alpha value is -7.88. The van der Waals surface area contributed by atoms with Crippen LogP contribution in [0.15, 0.2) is 110 Å². The predicted octanol–water partition coefficient (Wildman–Crippen LogP) is 11.0. The van der Waals surface area contributed by atoms with Crippen LogP contribution in [0.3, 0.4) is 0 Å². The average Bonchev–Trinajstić information content (AvgIpc) is 3.45. The van der Waals surface area contributed by atoms with E-state index in [-0.39, 0.29) is 34.6 Å². The molecular weight excluding hydrogens is 977 g/mol. The molecule has 0 radical (unpaired) electrons. The lowest BCUT2D eigenvalue weighted by Gasteiger charge is -2.26. The summed E-state index contributed by atoms with van der Waals surface area (Å²) in [7, 11) is 0. The van der Waals surface area contributed by atoms with Crippen LogP contribution < -0.4 is 28.4 Å². The lowest BCUT2D eigenvalue weighted by molar-refractivity contribution is -0.145. The van der Waals surface area contributed by atoms with E-state index in [1.165, 1.54) is 12.1 Å². The van der Waals surface area contributed by atoms with E-state index >= 15 is 0 Å². The van der Waals surface area contributed by atoms with Gasteiger partial charge in [0.05, 0.1) is 61.2 Å². The van der Waals surface area contributed by atoms with Gasteiger partial charge in [0.15, 0.2) is 12.6 Å². The molecule has 4 aromatic carbocycles. The molecule has 0 heterocycles. The van der Waals surface area contributed by atoms with E-state index in [4.69, 9.17) is 37.9 Å². The highest BCUT2D eigenvalue weighted by Gasteiger charge is 2.34. The van der Waals surface area contributed by atoms with Gasteiger partial charge in [-0.1, -0.05) is 25.3 Å². The Morgan fingerprint density at radius 3 is 1.01 bits per heavy atom. The van der Waals surface area contributed by atoms with Gasteiger partial charge in [-0.3, -0.25) is 28.8 Å². The van der Waals surface area contributed by atoms with Crippen LogP contribution in [-0.4, -0.2) is 74.8 Å². The molecule has 2 fully saturated rings. The minimum atomic E-state index is -0.508. The number of ether oxygens (including phenoxy) is 8. The molecule has 76 heavy (non-hydrogen) atoms. The summed E-state index contributed by atoms with van der Waals surface area (Å²) in [5.41, 5.74) is 1.34. The first-order valence-electron chi connectivity index (χ1n) is 26.1. The highest BCUT2D eigenvalue weighted by Crippen LogP contribution is 2.36. The number of rotatable bonds is 29. The third kappa shape index (κ3) is 18.2. The number of esters is 6. The first kappa shape index (κ1) is 57.4. The van der Waals surface area contributed by atoms with Crippen molar-refractivity contribution >= 4 is 48.4 Å². The van der Waals surface area contributed by atoms with E-state index in [2.05, 4.69) is 13.2 Å². The minimum absolute atomic E-state index is 0.0769. The van der Waals surface area contributed by atoms with Crippen molar-refractivity contribution in [2.45, 2.75) is 103 Å². The quantitative estimate of drug-likeness (QED) is 0.0163. The Bertz CT molecular complexity index is 2440. The molecule has 0 aliphatic heterocycles. The number of carbonyl (C=O) groups excluding carboxylic acids is 8. The van der Waals surface area contributed by atoms with E-state index in [1.54, 1.807) is 72.8 Å². The fraction of sp³-hybridized carbons (Fsp3) is 0.400. The molecule has 16 nitrogen and oxygen atoms in total. The van der Waals surface area contributed by atoms with Crippen molar-refractivity contribution in [1.29, 1.82) is 0 Å². The van der Waals surface area contributed by atoms with Crippen molar-refractivity contribution in [3.63, 3.8) is 0 Å². The number of hydrogen-bond donors (Lipinski definition) is 0. The Kier molecular flexibility index (Phi) is 23.0. The molecule has 0 N–H and O–H groups in total. The summed E-state index contributed by atoms with van der Waals surface area (Å²) in [6.45, 7) is 8.52. The first-order valence-corrected chi connectivity index (χ1v) is 26.1. The molecule has 2 aliphatic carbocycles. The summed E-state index contributed by atoms with van der Waals surface area (Å²) in [5.74, 6) is -2.12. The molecular formula is C60H66O16. The third-order valence-electron chi connectivity index (χ3n) is 13.3. The van der Waals surface area contributed by atoms with Gasteiger partial charge in [-0.15, -0.1) is 0 Å². The van der Waals surface area contributed by atoms with Gasteiger partial charge in [0.2, 0.25) is 0 Å². The van der Waals surface area contributed by atoms with Crippen LogP contribution in [0.1, 0.15) is 123 Å². The zero-order chi connectivity index (χ0) is 54.1. The van der Waals surface area contributed by atoms with Crippen LogP contribution in [-0.2, 0) is 38.2 Å². The molecule has 0 spiro atoms. The topological polar surface area (TPSA) is 210 Å². The number of carbonyl (C=O) groups is 8. The van der Waals surface area contributed by atoms with Crippen LogP contribution in [0.5, 0.6) is 34.5 Å². The van der Waals surface area contributed by atoms with Crippen molar-refractivity contribution in [3.05, 3.63) is 121 Å². The Balaban J connectivity index is 0.885. The smallest absolute Gasteiger partial charge is 0.330 e. The molecule has 0 unspecified atom stereocenters. The maximum absolute atomic E-state index is 13.3. The van der Waals surface area contributed by atoms with Gasteiger partial charge in [0.1, 0.15) is 34.5 Å². The number of hydrogen-bond acceptors (Lipinski definition) is 16. The molecule has 16 heteroatoms. The lowest BCUT2D eigenvalue weighted by Crippen LogP contribution is -2.30. The summed E-state index contributed by atoms with van der Waals surface area (Å²) >= 11 is 0. The van der Waals surface area contributed by atoms with E-state index in [0.29, 0.717) is 124 Å². The molecule has 4 aromatic rings. The molecule has 2 aliphatic rings. The van der Waals surface area contributed by atoms with Gasteiger partial charge >= 0.3 is 35.8 Å². The van der Waals surface area contributed by atoms with Crippen LogP contribution in [0.25, 0.3) is 11.1 Å². The van der Waals surface area contributed by atoms with Crippen molar-refractivity contribution in [2.75, 3.05) is 26.4 Å². The number of unbranched alkanes of at least 4 members (excludes halogenated alkanes) is 6. The van der Waals surface area contributed by atoms with Crippen LogP contribution in [0.4, 0.5) is 0 Å². The molecule has 2 saturated carbocycles. The second kappa shape index (κ2) is 30.5. The first-order chi connectivity index (χ1) is 37.0. The van der Waals surface area contributed by atoms with Crippen LogP contribution in [0.2, 0.25) is 0 Å². The standard InChI is InChI=1S/C60H66O16/c1-3-55(63)71-35-11-7-5-9-33-69-49-23-27-51(28-24-49)73-57(65)41-13-17-43(18-14-41)59(67)75-53-31-21-45(37-47(53)39-61)46-22-32-54(48(38-46)40-62)76-60(68)44-19-15-42(16-20-44)58(66)74-52-29-25-50(26-30-52)70-34-10-6-8-12-36-72-56(64)4-2/h3-4,21-32,37-44H,1-2,5-20,33-36H2. The van der Waals surface area contributed by atoms with E-state index in [0.717, 1.165) is 63.5 Å². The highest BCUT2D eigenvalue weighted by atomic mass is 16.6. The van der Waals surface area contributed by atoms with Crippen LogP contribution in [0, 0.1) is 23.7 Å². The monoisotopic (exact) mass is 1040 g/mol. The van der Waals surface area contributed by atoms with Gasteiger partial charge in [-0.25, -0.2) is 9.59 Å². The normalized spacial score (nSPS) is 16.9. The number of aldehydes is 2. The SMILES string of the molecule is C=CC(=O)OCCCCCCOc1ccc(OC(=O)C2CCC(C(=O)Oc3ccc(-c4ccc(OC(=O)C5CCC(C(=O)Oc6ccc(OCCCCCCOC(=O)C=C)cc6)CC5)c(C=O)c4)cc3C=O)CC2)cc1. The Labute approximate surface area is 443 Å². The zero-order valence-corrected chi connectivity index (χ0v) is 42.8. The van der Waals surface area contributed by atoms with E-state index < -0.39 is 47.5 Å². The maximum Gasteiger partial charge on any atom is 0.330 e. The van der Waals surface area contributed by atoms with Crippen molar-refractivity contribution in [1.82, 2.24) is 0 Å². The summed E-state index contributed by atoms with van der Waals surface area (Å²) in [6, 6.07) is 23.1. The largest absolute Gasteiger partial charge is 0.494 e. The molecule has 0 atom stereocenters. The summed E-state index contributed by atoms with van der Waals surface area (Å²) in [4.78, 5) is 99.3. The van der Waals surface area contributed by atoms with E-state index in [1.807, 2.05) is 0 Å². The predicted molar refractivity (Wildman–Crippen MR) is 279 cm³/mol. The number of benzene rings is 4. The summed E-state index contributed by atoms with van der Waals surface area (Å²) in [6.07, 6.45) is 13.7. The molecule has 0 amide bonds. The fourth-order valence-electron chi connectivity index (χ4n) is 8.90. The van der Waals surface area contributed by atoms with E-state index in [9.17, 15) is 38.4 Å². The van der Waals surface area contributed by atoms with Gasteiger partial charge < -0.3 is 37.9 Å². The summed E-state index contributed by atoms with van der Waals surface area (Å²) in [5, 5.41) is 0. The molecule has 0 saturated heterocycles. The zero-order valence-electron chi connectivity index (χ0n) is 42.8. The second-order valence-corrected chi connectivity index (χ2v) is 18.7. The lowest BCUT2D eigenvalue weighted by atomic mass is 9.82. The minimum Gasteiger partial charge on any atom is -0.494 e. The van der Waals surface area contributed by atoms with Crippen molar-refractivity contribution in [2.24, 2.45) is 23.7 Å². The van der Waals surface area contributed by atoms with Gasteiger partial charge in [-0.2, -0.15) is 0 Å². The third-order valence-corrected chi connectivity index (χ3v) is 13.3. The van der Waals surface area contributed by atoms with Gasteiger partial charge in [0.25, 0.3) is 0 Å². The molecule has 0 bridgehead atoms. The molecule has 6 rings (SSSR count). The average molecular weight is 1040 g/mol.